The Morgan fingerprint density at radius 3 is 2.81 bits per heavy atom. The normalized spacial score (nSPS) is 18.8. The van der Waals surface area contributed by atoms with Gasteiger partial charge in [-0.3, -0.25) is 9.36 Å². The van der Waals surface area contributed by atoms with Crippen LogP contribution in [0.1, 0.15) is 23.3 Å². The van der Waals surface area contributed by atoms with E-state index < -0.39 is 0 Å². The second-order valence-corrected chi connectivity index (χ2v) is 5.28. The quantitative estimate of drug-likeness (QED) is 0.912. The van der Waals surface area contributed by atoms with Crippen LogP contribution in [-0.2, 0) is 0 Å². The summed E-state index contributed by atoms with van der Waals surface area (Å²) in [6.45, 7) is 1.27. The summed E-state index contributed by atoms with van der Waals surface area (Å²) in [5.74, 6) is -0.402. The van der Waals surface area contributed by atoms with E-state index in [1.54, 1.807) is 27.9 Å². The van der Waals surface area contributed by atoms with Crippen LogP contribution in [0, 0.1) is 5.82 Å². The minimum atomic E-state index is -0.311. The SMILES string of the molecule is NC1CCCN(C(=O)c2cncn2-c2ccc(F)cc2)C1. The van der Waals surface area contributed by atoms with Gasteiger partial charge in [-0.25, -0.2) is 9.37 Å². The van der Waals surface area contributed by atoms with Crippen LogP contribution < -0.4 is 5.73 Å². The van der Waals surface area contributed by atoms with Crippen molar-refractivity contribution < 1.29 is 9.18 Å². The number of imidazole rings is 1. The van der Waals surface area contributed by atoms with Gasteiger partial charge in [-0.1, -0.05) is 0 Å². The molecule has 1 fully saturated rings. The van der Waals surface area contributed by atoms with Crippen LogP contribution >= 0.6 is 0 Å². The average Bonchev–Trinajstić information content (AvgIpc) is 2.96. The zero-order chi connectivity index (χ0) is 14.8. The minimum Gasteiger partial charge on any atom is -0.336 e. The lowest BCUT2D eigenvalue weighted by Gasteiger charge is -2.30. The second-order valence-electron chi connectivity index (χ2n) is 5.28. The van der Waals surface area contributed by atoms with Crippen LogP contribution in [0.2, 0.25) is 0 Å². The van der Waals surface area contributed by atoms with Gasteiger partial charge >= 0.3 is 0 Å². The maximum atomic E-state index is 13.0. The van der Waals surface area contributed by atoms with Gasteiger partial charge in [0, 0.05) is 24.8 Å². The van der Waals surface area contributed by atoms with Gasteiger partial charge in [-0.2, -0.15) is 0 Å². The van der Waals surface area contributed by atoms with E-state index in [9.17, 15) is 9.18 Å². The van der Waals surface area contributed by atoms with Crippen LogP contribution in [0.15, 0.2) is 36.8 Å². The van der Waals surface area contributed by atoms with E-state index in [2.05, 4.69) is 4.98 Å². The number of carbonyl (C=O) groups excluding carboxylic acids is 1. The average molecular weight is 288 g/mol. The Morgan fingerprint density at radius 1 is 1.33 bits per heavy atom. The fourth-order valence-electron chi connectivity index (χ4n) is 2.62. The number of piperidine rings is 1. The van der Waals surface area contributed by atoms with Gasteiger partial charge in [-0.15, -0.1) is 0 Å². The van der Waals surface area contributed by atoms with E-state index in [1.807, 2.05) is 0 Å². The van der Waals surface area contributed by atoms with Crippen molar-refractivity contribution in [3.8, 4) is 5.69 Å². The van der Waals surface area contributed by atoms with E-state index in [-0.39, 0.29) is 17.8 Å². The van der Waals surface area contributed by atoms with Crippen molar-refractivity contribution in [1.82, 2.24) is 14.5 Å². The van der Waals surface area contributed by atoms with E-state index in [1.165, 1.54) is 18.3 Å². The minimum absolute atomic E-state index is 0.0323. The number of aromatic nitrogens is 2. The van der Waals surface area contributed by atoms with Gasteiger partial charge in [0.05, 0.1) is 12.5 Å². The molecule has 1 amide bonds. The lowest BCUT2D eigenvalue weighted by molar-refractivity contribution is 0.0700. The number of nitrogens with zero attached hydrogens (tertiary/aromatic N) is 3. The number of benzene rings is 1. The zero-order valence-electron chi connectivity index (χ0n) is 11.6. The molecule has 2 aromatic rings. The molecular formula is C15H17FN4O. The van der Waals surface area contributed by atoms with Crippen LogP contribution in [-0.4, -0.2) is 39.5 Å². The molecule has 1 saturated heterocycles. The van der Waals surface area contributed by atoms with Crippen molar-refractivity contribution >= 4 is 5.91 Å². The number of hydrogen-bond donors (Lipinski definition) is 1. The summed E-state index contributed by atoms with van der Waals surface area (Å²) in [4.78, 5) is 18.4. The molecule has 1 atom stereocenters. The summed E-state index contributed by atoms with van der Waals surface area (Å²) >= 11 is 0. The topological polar surface area (TPSA) is 64.2 Å². The molecule has 3 rings (SSSR count). The van der Waals surface area contributed by atoms with Crippen LogP contribution in [0.25, 0.3) is 5.69 Å². The molecule has 21 heavy (non-hydrogen) atoms. The van der Waals surface area contributed by atoms with Crippen molar-refractivity contribution in [1.29, 1.82) is 0 Å². The molecule has 0 spiro atoms. The Labute approximate surface area is 122 Å². The van der Waals surface area contributed by atoms with E-state index >= 15 is 0 Å². The summed E-state index contributed by atoms with van der Waals surface area (Å²) in [6, 6.07) is 6.00. The third kappa shape index (κ3) is 2.80. The fourth-order valence-corrected chi connectivity index (χ4v) is 2.62. The van der Waals surface area contributed by atoms with Crippen molar-refractivity contribution in [3.05, 3.63) is 48.3 Å². The molecule has 1 aliphatic heterocycles. The van der Waals surface area contributed by atoms with Crippen molar-refractivity contribution in [2.45, 2.75) is 18.9 Å². The Hall–Kier alpha value is -2.21. The third-order valence-corrected chi connectivity index (χ3v) is 3.71. The monoisotopic (exact) mass is 288 g/mol. The summed E-state index contributed by atoms with van der Waals surface area (Å²) < 4.78 is 14.7. The molecule has 2 N–H and O–H groups in total. The molecule has 0 bridgehead atoms. The molecule has 0 saturated carbocycles. The number of nitrogens with two attached hydrogens (primary N) is 1. The molecular weight excluding hydrogens is 271 g/mol. The maximum Gasteiger partial charge on any atom is 0.272 e. The Balaban J connectivity index is 1.88. The standard InChI is InChI=1S/C15H17FN4O/c16-11-3-5-13(6-4-11)20-10-18-8-14(20)15(21)19-7-1-2-12(17)9-19/h3-6,8,10,12H,1-2,7,9,17H2. The smallest absolute Gasteiger partial charge is 0.272 e. The van der Waals surface area contributed by atoms with Gasteiger partial charge < -0.3 is 10.6 Å². The number of halogens is 1. The van der Waals surface area contributed by atoms with Gasteiger partial charge in [0.2, 0.25) is 0 Å². The molecule has 1 aliphatic rings. The van der Waals surface area contributed by atoms with Crippen LogP contribution in [0.3, 0.4) is 0 Å². The number of rotatable bonds is 2. The number of likely N-dealkylation sites (tertiary alicyclic amines) is 1. The number of carbonyl (C=O) groups is 1. The van der Waals surface area contributed by atoms with Gasteiger partial charge in [0.1, 0.15) is 11.5 Å². The summed E-state index contributed by atoms with van der Waals surface area (Å²) in [5.41, 5.74) is 7.10. The van der Waals surface area contributed by atoms with E-state index in [0.717, 1.165) is 12.8 Å². The summed E-state index contributed by atoms with van der Waals surface area (Å²) in [5, 5.41) is 0. The largest absolute Gasteiger partial charge is 0.336 e. The van der Waals surface area contributed by atoms with Crippen LogP contribution in [0.5, 0.6) is 0 Å². The summed E-state index contributed by atoms with van der Waals surface area (Å²) in [7, 11) is 0. The number of hydrogen-bond acceptors (Lipinski definition) is 3. The highest BCUT2D eigenvalue weighted by molar-refractivity contribution is 5.93. The summed E-state index contributed by atoms with van der Waals surface area (Å²) in [6.07, 6.45) is 4.95. The van der Waals surface area contributed by atoms with Gasteiger partial charge in [-0.05, 0) is 37.1 Å². The molecule has 0 aliphatic carbocycles. The second kappa shape index (κ2) is 5.65. The fraction of sp³-hybridized carbons (Fsp3) is 0.333. The van der Waals surface area contributed by atoms with Crippen molar-refractivity contribution in [2.24, 2.45) is 5.73 Å². The molecule has 6 heteroatoms. The number of amides is 1. The molecule has 1 aromatic carbocycles. The molecule has 1 unspecified atom stereocenters. The maximum absolute atomic E-state index is 13.0. The molecule has 110 valence electrons. The lowest BCUT2D eigenvalue weighted by atomic mass is 10.1. The highest BCUT2D eigenvalue weighted by Crippen LogP contribution is 2.16. The van der Waals surface area contributed by atoms with Gasteiger partial charge in [0.25, 0.3) is 5.91 Å². The third-order valence-electron chi connectivity index (χ3n) is 3.71. The first-order chi connectivity index (χ1) is 10.1. The molecule has 0 radical (unpaired) electrons. The Kier molecular flexibility index (Phi) is 3.70. The first-order valence-electron chi connectivity index (χ1n) is 6.98. The van der Waals surface area contributed by atoms with E-state index in [0.29, 0.717) is 24.5 Å². The highest BCUT2D eigenvalue weighted by Gasteiger charge is 2.24. The predicted octanol–water partition coefficient (Wildman–Crippen LogP) is 1.57. The molecule has 1 aromatic heterocycles. The van der Waals surface area contributed by atoms with E-state index in [4.69, 9.17) is 5.73 Å². The zero-order valence-corrected chi connectivity index (χ0v) is 11.6. The van der Waals surface area contributed by atoms with Gasteiger partial charge in [0.15, 0.2) is 0 Å². The highest BCUT2D eigenvalue weighted by atomic mass is 19.1. The Morgan fingerprint density at radius 2 is 2.10 bits per heavy atom. The van der Waals surface area contributed by atoms with Crippen molar-refractivity contribution in [2.75, 3.05) is 13.1 Å². The van der Waals surface area contributed by atoms with Crippen molar-refractivity contribution in [3.63, 3.8) is 0 Å². The first-order valence-corrected chi connectivity index (χ1v) is 6.98. The predicted molar refractivity (Wildman–Crippen MR) is 76.6 cm³/mol. The lowest BCUT2D eigenvalue weighted by Crippen LogP contribution is -2.46. The molecule has 2 heterocycles. The Bertz CT molecular complexity index is 637. The van der Waals surface area contributed by atoms with Crippen LogP contribution in [0.4, 0.5) is 4.39 Å². The first kappa shape index (κ1) is 13.8. The molecule has 5 nitrogen and oxygen atoms in total.